The average molecular weight is 415 g/mol. The summed E-state index contributed by atoms with van der Waals surface area (Å²) in [6.45, 7) is 13.7. The molecule has 0 aromatic heterocycles. The van der Waals surface area contributed by atoms with Crippen molar-refractivity contribution >= 4 is 5.97 Å². The fourth-order valence-electron chi connectivity index (χ4n) is 4.97. The van der Waals surface area contributed by atoms with Crippen LogP contribution in [0.2, 0.25) is 0 Å². The molecule has 9 heteroatoms. The highest BCUT2D eigenvalue weighted by molar-refractivity contribution is 5.79. The summed E-state index contributed by atoms with van der Waals surface area (Å²) >= 11 is 0. The summed E-state index contributed by atoms with van der Waals surface area (Å²) < 4.78 is 35.6. The molecule has 6 atom stereocenters. The molecule has 4 rings (SSSR count). The number of carbonyl (C=O) groups excluding carboxylic acids is 1. The van der Waals surface area contributed by atoms with E-state index in [2.05, 4.69) is 0 Å². The van der Waals surface area contributed by atoms with Crippen molar-refractivity contribution in [3.8, 4) is 0 Å². The van der Waals surface area contributed by atoms with E-state index >= 15 is 0 Å². The van der Waals surface area contributed by atoms with Gasteiger partial charge in [-0.05, 0) is 48.5 Å². The molecule has 0 aromatic carbocycles. The molecule has 4 saturated heterocycles. The molecule has 9 nitrogen and oxygen atoms in total. The van der Waals surface area contributed by atoms with Crippen LogP contribution in [0.25, 0.3) is 0 Å². The van der Waals surface area contributed by atoms with Crippen LogP contribution in [-0.4, -0.2) is 78.1 Å². The number of hydrogen-bond acceptors (Lipinski definition) is 9. The standard InChI is InChI=1S/C20H33NO8/c1-17(2)10-20(7,16(22)23-8)29-21(17)15-14-13(27-19(5,6)28-14)12(25-15)11-9-24-18(3,4)26-11/h11-15H,9-10H2,1-8H3/t11-,12-,13+,14+,15+,20+/m1/s1. The van der Waals surface area contributed by atoms with E-state index in [1.165, 1.54) is 7.11 Å². The zero-order chi connectivity index (χ0) is 21.4. The first kappa shape index (κ1) is 21.4. The van der Waals surface area contributed by atoms with E-state index in [0.29, 0.717) is 13.0 Å². The van der Waals surface area contributed by atoms with E-state index in [1.807, 2.05) is 41.5 Å². The largest absolute Gasteiger partial charge is 0.467 e. The molecule has 4 fully saturated rings. The number of fused-ring (bicyclic) bond motifs is 1. The Balaban J connectivity index is 1.61. The molecular formula is C20H33NO8. The first-order valence-electron chi connectivity index (χ1n) is 10.2. The van der Waals surface area contributed by atoms with Crippen LogP contribution >= 0.6 is 0 Å². The van der Waals surface area contributed by atoms with Gasteiger partial charge in [0.05, 0.1) is 13.7 Å². The van der Waals surface area contributed by atoms with Crippen molar-refractivity contribution in [1.29, 1.82) is 0 Å². The summed E-state index contributed by atoms with van der Waals surface area (Å²) in [5.74, 6) is -1.86. The topological polar surface area (TPSA) is 84.9 Å². The van der Waals surface area contributed by atoms with Crippen LogP contribution in [-0.2, 0) is 38.1 Å². The Morgan fingerprint density at radius 2 is 1.59 bits per heavy atom. The zero-order valence-corrected chi connectivity index (χ0v) is 18.5. The Bertz CT molecular complexity index is 679. The van der Waals surface area contributed by atoms with Crippen molar-refractivity contribution in [2.45, 2.75) is 108 Å². The maximum atomic E-state index is 12.4. The molecule has 166 valence electrons. The molecule has 29 heavy (non-hydrogen) atoms. The molecule has 0 radical (unpaired) electrons. The van der Waals surface area contributed by atoms with Gasteiger partial charge in [-0.3, -0.25) is 4.84 Å². The van der Waals surface area contributed by atoms with Crippen LogP contribution in [0.15, 0.2) is 0 Å². The Kier molecular flexibility index (Phi) is 4.87. The van der Waals surface area contributed by atoms with Gasteiger partial charge in [0.2, 0.25) is 0 Å². The maximum Gasteiger partial charge on any atom is 0.340 e. The molecule has 0 unspecified atom stereocenters. The van der Waals surface area contributed by atoms with Crippen LogP contribution < -0.4 is 0 Å². The van der Waals surface area contributed by atoms with Gasteiger partial charge in [0.15, 0.2) is 23.4 Å². The fourth-order valence-corrected chi connectivity index (χ4v) is 4.97. The summed E-state index contributed by atoms with van der Waals surface area (Å²) in [4.78, 5) is 18.5. The molecule has 0 saturated carbocycles. The average Bonchev–Trinajstić information content (AvgIpc) is 3.26. The molecule has 4 heterocycles. The van der Waals surface area contributed by atoms with Gasteiger partial charge in [0.25, 0.3) is 0 Å². The number of hydrogen-bond donors (Lipinski definition) is 0. The highest BCUT2D eigenvalue weighted by atomic mass is 16.8. The normalized spacial score (nSPS) is 45.4. The molecule has 0 N–H and O–H groups in total. The summed E-state index contributed by atoms with van der Waals surface area (Å²) in [5, 5.41) is 1.73. The van der Waals surface area contributed by atoms with Crippen LogP contribution in [0.3, 0.4) is 0 Å². The van der Waals surface area contributed by atoms with Gasteiger partial charge < -0.3 is 28.4 Å². The maximum absolute atomic E-state index is 12.4. The Hall–Kier alpha value is -0.810. The zero-order valence-electron chi connectivity index (χ0n) is 18.5. The van der Waals surface area contributed by atoms with Gasteiger partial charge in [0.1, 0.15) is 24.4 Å². The van der Waals surface area contributed by atoms with Crippen molar-refractivity contribution in [3.05, 3.63) is 0 Å². The Morgan fingerprint density at radius 3 is 2.17 bits per heavy atom. The molecule has 0 aliphatic carbocycles. The van der Waals surface area contributed by atoms with Crippen LogP contribution in [0, 0.1) is 0 Å². The van der Waals surface area contributed by atoms with E-state index < -0.39 is 47.1 Å². The predicted octanol–water partition coefficient (Wildman–Crippen LogP) is 1.73. The number of nitrogens with zero attached hydrogens (tertiary/aromatic N) is 1. The highest BCUT2D eigenvalue weighted by Gasteiger charge is 2.65. The highest BCUT2D eigenvalue weighted by Crippen LogP contribution is 2.48. The molecule has 0 spiro atoms. The minimum atomic E-state index is -1.10. The summed E-state index contributed by atoms with van der Waals surface area (Å²) in [7, 11) is 1.36. The van der Waals surface area contributed by atoms with Gasteiger partial charge in [-0.1, -0.05) is 0 Å². The first-order valence-corrected chi connectivity index (χ1v) is 10.2. The second-order valence-corrected chi connectivity index (χ2v) is 10.1. The lowest BCUT2D eigenvalue weighted by Crippen LogP contribution is -2.50. The van der Waals surface area contributed by atoms with E-state index in [0.717, 1.165) is 0 Å². The van der Waals surface area contributed by atoms with E-state index in [4.69, 9.17) is 33.3 Å². The summed E-state index contributed by atoms with van der Waals surface area (Å²) in [5.41, 5.74) is -1.59. The minimum absolute atomic E-state index is 0.294. The smallest absolute Gasteiger partial charge is 0.340 e. The summed E-state index contributed by atoms with van der Waals surface area (Å²) in [6, 6.07) is 0. The number of ether oxygens (including phenoxy) is 6. The number of hydroxylamine groups is 2. The SMILES string of the molecule is COC(=O)[C@]1(C)CC(C)(C)N([C@H]2O[C@H]([C@H]3COC(C)(C)O3)[C@@H]3OC(C)(C)O[C@@H]32)O1. The van der Waals surface area contributed by atoms with Gasteiger partial charge in [-0.2, -0.15) is 5.06 Å². The lowest BCUT2D eigenvalue weighted by Gasteiger charge is -2.36. The number of carbonyl (C=O) groups is 1. The molecule has 4 aliphatic rings. The van der Waals surface area contributed by atoms with Gasteiger partial charge >= 0.3 is 5.97 Å². The van der Waals surface area contributed by atoms with Gasteiger partial charge in [-0.25, -0.2) is 4.79 Å². The van der Waals surface area contributed by atoms with Crippen LogP contribution in [0.1, 0.15) is 54.9 Å². The van der Waals surface area contributed by atoms with Crippen molar-refractivity contribution in [2.75, 3.05) is 13.7 Å². The molecule has 0 amide bonds. The lowest BCUT2D eigenvalue weighted by molar-refractivity contribution is -0.313. The molecule has 0 bridgehead atoms. The van der Waals surface area contributed by atoms with Crippen LogP contribution in [0.4, 0.5) is 0 Å². The molecule has 0 aromatic rings. The first-order chi connectivity index (χ1) is 13.3. The summed E-state index contributed by atoms with van der Waals surface area (Å²) in [6.07, 6.45) is -1.55. The Labute approximate surface area is 171 Å². The third-order valence-corrected chi connectivity index (χ3v) is 5.98. The van der Waals surface area contributed by atoms with Gasteiger partial charge in [0, 0.05) is 12.0 Å². The van der Waals surface area contributed by atoms with Crippen molar-refractivity contribution in [1.82, 2.24) is 5.06 Å². The minimum Gasteiger partial charge on any atom is -0.467 e. The van der Waals surface area contributed by atoms with E-state index in [9.17, 15) is 4.79 Å². The van der Waals surface area contributed by atoms with Gasteiger partial charge in [-0.15, -0.1) is 0 Å². The molecular weight excluding hydrogens is 382 g/mol. The van der Waals surface area contributed by atoms with Crippen molar-refractivity contribution in [3.63, 3.8) is 0 Å². The third-order valence-electron chi connectivity index (χ3n) is 5.98. The number of methoxy groups -OCH3 is 1. The van der Waals surface area contributed by atoms with E-state index in [-0.39, 0.29) is 12.2 Å². The number of esters is 1. The van der Waals surface area contributed by atoms with Crippen molar-refractivity contribution < 1.29 is 38.1 Å². The second kappa shape index (κ2) is 6.59. The monoisotopic (exact) mass is 415 g/mol. The second-order valence-electron chi connectivity index (χ2n) is 10.1. The Morgan fingerprint density at radius 1 is 0.931 bits per heavy atom. The number of rotatable bonds is 3. The van der Waals surface area contributed by atoms with Crippen LogP contribution in [0.5, 0.6) is 0 Å². The fraction of sp³-hybridized carbons (Fsp3) is 0.950. The lowest BCUT2D eigenvalue weighted by atomic mass is 9.89. The predicted molar refractivity (Wildman–Crippen MR) is 99.4 cm³/mol. The van der Waals surface area contributed by atoms with Crippen molar-refractivity contribution in [2.24, 2.45) is 0 Å². The third kappa shape index (κ3) is 3.60. The van der Waals surface area contributed by atoms with E-state index in [1.54, 1.807) is 12.0 Å². The molecule has 4 aliphatic heterocycles. The quantitative estimate of drug-likeness (QED) is 0.640.